The molecule has 46 heavy (non-hydrogen) atoms. The molecule has 6 nitrogen and oxygen atoms in total. The molecule has 1 saturated heterocycles. The maximum absolute atomic E-state index is 13.5. The Hall–Kier alpha value is -3.80. The van der Waals surface area contributed by atoms with Crippen molar-refractivity contribution in [3.05, 3.63) is 117 Å². The molecule has 0 amide bonds. The van der Waals surface area contributed by atoms with Gasteiger partial charge in [-0.25, -0.2) is 4.39 Å². The number of carbonyl (C=O) groups excluding carboxylic acids is 1. The number of aryl methyl sites for hydroxylation is 1. The molecular formula is C35H36F4N4O2S. The van der Waals surface area contributed by atoms with Crippen LogP contribution >= 0.6 is 11.8 Å². The van der Waals surface area contributed by atoms with Crippen LogP contribution in [0.3, 0.4) is 0 Å². The molecule has 0 bridgehead atoms. The number of hydrogen-bond donors (Lipinski definition) is 0. The van der Waals surface area contributed by atoms with Crippen molar-refractivity contribution in [2.45, 2.75) is 56.0 Å². The molecule has 0 aliphatic carbocycles. The fourth-order valence-electron chi connectivity index (χ4n) is 5.55. The van der Waals surface area contributed by atoms with Gasteiger partial charge in [0, 0.05) is 37.1 Å². The van der Waals surface area contributed by atoms with Crippen molar-refractivity contribution in [1.82, 2.24) is 19.4 Å². The second-order valence-corrected chi connectivity index (χ2v) is 12.5. The number of rotatable bonds is 12. The van der Waals surface area contributed by atoms with E-state index in [1.54, 1.807) is 29.8 Å². The van der Waals surface area contributed by atoms with E-state index in [0.29, 0.717) is 35.1 Å². The van der Waals surface area contributed by atoms with E-state index in [4.69, 9.17) is 0 Å². The molecule has 2 heterocycles. The number of piperidine rings is 1. The number of hydrogen-bond acceptors (Lipinski definition) is 6. The van der Waals surface area contributed by atoms with E-state index >= 15 is 0 Å². The SMILES string of the molecule is Cc1cn(C(C=O)N(CCN2CCCCC2)Cc2ccc(-c3ccc(C(F)(F)F)cc3)cc2)c(SCc2ccc(F)cc2)nc1=O. The van der Waals surface area contributed by atoms with Gasteiger partial charge in [-0.1, -0.05) is 66.7 Å². The lowest BCUT2D eigenvalue weighted by atomic mass is 10.0. The van der Waals surface area contributed by atoms with Crippen molar-refractivity contribution in [2.24, 2.45) is 0 Å². The van der Waals surface area contributed by atoms with Crippen LogP contribution in [0.5, 0.6) is 0 Å². The minimum atomic E-state index is -4.39. The zero-order valence-electron chi connectivity index (χ0n) is 25.5. The van der Waals surface area contributed by atoms with E-state index in [1.165, 1.54) is 42.4 Å². The highest BCUT2D eigenvalue weighted by molar-refractivity contribution is 7.98. The van der Waals surface area contributed by atoms with Gasteiger partial charge in [0.05, 0.1) is 5.56 Å². The number of halogens is 4. The zero-order valence-corrected chi connectivity index (χ0v) is 26.4. The predicted molar refractivity (Wildman–Crippen MR) is 172 cm³/mol. The molecule has 1 aromatic heterocycles. The molecule has 1 unspecified atom stereocenters. The van der Waals surface area contributed by atoms with Crippen LogP contribution in [0.4, 0.5) is 17.6 Å². The first-order valence-corrected chi connectivity index (χ1v) is 16.2. The predicted octanol–water partition coefficient (Wildman–Crippen LogP) is 7.35. The molecule has 0 radical (unpaired) electrons. The number of aldehydes is 1. The number of benzene rings is 3. The molecule has 5 rings (SSSR count). The standard InChI is InChI=1S/C35H36F4N4O2S/c1-25-21-43(34(40-33(25)45)46-24-27-7-15-31(36)16-8-27)32(23-44)42(20-19-41-17-3-2-4-18-41)22-26-5-9-28(10-6-26)29-11-13-30(14-12-29)35(37,38)39/h5-16,21,23,32H,2-4,17-20,22,24H2,1H3. The maximum Gasteiger partial charge on any atom is 0.416 e. The Morgan fingerprint density at radius 3 is 2.13 bits per heavy atom. The minimum Gasteiger partial charge on any atom is -0.304 e. The summed E-state index contributed by atoms with van der Waals surface area (Å²) >= 11 is 1.31. The number of carbonyl (C=O) groups is 1. The van der Waals surface area contributed by atoms with Crippen molar-refractivity contribution in [3.63, 3.8) is 0 Å². The van der Waals surface area contributed by atoms with Gasteiger partial charge < -0.3 is 9.47 Å². The molecule has 1 fully saturated rings. The van der Waals surface area contributed by atoms with Crippen LogP contribution in [-0.2, 0) is 23.3 Å². The molecule has 11 heteroatoms. The van der Waals surface area contributed by atoms with Gasteiger partial charge in [-0.3, -0.25) is 14.5 Å². The largest absolute Gasteiger partial charge is 0.416 e. The van der Waals surface area contributed by atoms with E-state index in [2.05, 4.69) is 14.8 Å². The molecule has 0 saturated carbocycles. The summed E-state index contributed by atoms with van der Waals surface area (Å²) < 4.78 is 54.3. The van der Waals surface area contributed by atoms with Gasteiger partial charge >= 0.3 is 6.18 Å². The summed E-state index contributed by atoms with van der Waals surface area (Å²) in [4.78, 5) is 34.3. The van der Waals surface area contributed by atoms with Crippen LogP contribution in [0, 0.1) is 12.7 Å². The normalized spacial score (nSPS) is 14.8. The van der Waals surface area contributed by atoms with Gasteiger partial charge in [0.1, 0.15) is 12.0 Å². The van der Waals surface area contributed by atoms with Gasteiger partial charge in [-0.05, 0) is 79.4 Å². The second kappa shape index (κ2) is 15.2. The summed E-state index contributed by atoms with van der Waals surface area (Å²) in [6.45, 7) is 5.42. The first-order chi connectivity index (χ1) is 22.1. The lowest BCUT2D eigenvalue weighted by molar-refractivity contribution is -0.137. The van der Waals surface area contributed by atoms with Crippen LogP contribution in [0.25, 0.3) is 11.1 Å². The van der Waals surface area contributed by atoms with Gasteiger partial charge in [0.2, 0.25) is 0 Å². The molecule has 1 aliphatic heterocycles. The molecule has 0 N–H and O–H groups in total. The Morgan fingerprint density at radius 1 is 0.913 bits per heavy atom. The molecule has 1 aliphatic rings. The first-order valence-electron chi connectivity index (χ1n) is 15.3. The van der Waals surface area contributed by atoms with E-state index in [9.17, 15) is 27.2 Å². The molecule has 0 spiro atoms. The highest BCUT2D eigenvalue weighted by Crippen LogP contribution is 2.31. The Morgan fingerprint density at radius 2 is 1.52 bits per heavy atom. The topological polar surface area (TPSA) is 58.4 Å². The van der Waals surface area contributed by atoms with E-state index in [1.807, 2.05) is 24.3 Å². The number of aromatic nitrogens is 2. The van der Waals surface area contributed by atoms with E-state index < -0.39 is 17.9 Å². The van der Waals surface area contributed by atoms with Gasteiger partial charge in [0.15, 0.2) is 11.4 Å². The maximum atomic E-state index is 13.5. The lowest BCUT2D eigenvalue weighted by Crippen LogP contribution is -2.42. The highest BCUT2D eigenvalue weighted by atomic mass is 32.2. The monoisotopic (exact) mass is 652 g/mol. The fraction of sp³-hybridized carbons (Fsp3) is 0.343. The molecule has 1 atom stereocenters. The van der Waals surface area contributed by atoms with Gasteiger partial charge in [-0.15, -0.1) is 0 Å². The van der Waals surface area contributed by atoms with E-state index in [0.717, 1.165) is 67.6 Å². The summed E-state index contributed by atoms with van der Waals surface area (Å²) in [5.41, 5.74) is 2.57. The molecule has 4 aromatic rings. The summed E-state index contributed by atoms with van der Waals surface area (Å²) in [6.07, 6.45) is 0.851. The fourth-order valence-corrected chi connectivity index (χ4v) is 6.50. The van der Waals surface area contributed by atoms with Crippen LogP contribution in [0.2, 0.25) is 0 Å². The third kappa shape index (κ3) is 8.71. The van der Waals surface area contributed by atoms with Crippen molar-refractivity contribution in [1.29, 1.82) is 0 Å². The highest BCUT2D eigenvalue weighted by Gasteiger charge is 2.30. The summed E-state index contributed by atoms with van der Waals surface area (Å²) in [5, 5.41) is 0.387. The number of nitrogens with zero attached hydrogens (tertiary/aromatic N) is 4. The molecule has 3 aromatic carbocycles. The third-order valence-electron chi connectivity index (χ3n) is 8.19. The number of thioether (sulfide) groups is 1. The van der Waals surface area contributed by atoms with Crippen molar-refractivity contribution < 1.29 is 22.4 Å². The van der Waals surface area contributed by atoms with Gasteiger partial charge in [-0.2, -0.15) is 18.2 Å². The van der Waals surface area contributed by atoms with E-state index in [-0.39, 0.29) is 11.4 Å². The summed E-state index contributed by atoms with van der Waals surface area (Å²) in [5.74, 6) is 0.0949. The molecule has 242 valence electrons. The first kappa shape index (κ1) is 33.6. The Kier molecular flexibility index (Phi) is 11.1. The Bertz CT molecular complexity index is 1650. The van der Waals surface area contributed by atoms with Crippen molar-refractivity contribution in [2.75, 3.05) is 26.2 Å². The average Bonchev–Trinajstić information content (AvgIpc) is 3.06. The summed E-state index contributed by atoms with van der Waals surface area (Å²) in [6, 6.07) is 18.8. The smallest absolute Gasteiger partial charge is 0.304 e. The van der Waals surface area contributed by atoms with Crippen molar-refractivity contribution in [3.8, 4) is 11.1 Å². The summed E-state index contributed by atoms with van der Waals surface area (Å²) in [7, 11) is 0. The van der Waals surface area contributed by atoms with Crippen LogP contribution in [0.15, 0.2) is 88.9 Å². The Balaban J connectivity index is 1.41. The number of alkyl halides is 3. The average molecular weight is 653 g/mol. The van der Waals surface area contributed by atoms with Crippen LogP contribution in [-0.4, -0.2) is 51.8 Å². The van der Waals surface area contributed by atoms with Crippen LogP contribution < -0.4 is 5.56 Å². The second-order valence-electron chi connectivity index (χ2n) is 11.5. The lowest BCUT2D eigenvalue weighted by Gasteiger charge is -2.34. The Labute approximate surface area is 270 Å². The quantitative estimate of drug-likeness (QED) is 0.0691. The number of likely N-dealkylation sites (tertiary alicyclic amines) is 1. The third-order valence-corrected chi connectivity index (χ3v) is 9.23. The van der Waals surface area contributed by atoms with Crippen molar-refractivity contribution >= 4 is 18.0 Å². The minimum absolute atomic E-state index is 0.336. The zero-order chi connectivity index (χ0) is 32.7. The van der Waals surface area contributed by atoms with Gasteiger partial charge in [0.25, 0.3) is 5.56 Å². The van der Waals surface area contributed by atoms with Crippen LogP contribution in [0.1, 0.15) is 47.7 Å². The molecular weight excluding hydrogens is 616 g/mol.